The smallest absolute Gasteiger partial charge is 0.175 e. The Labute approximate surface area is 140 Å². The fraction of sp³-hybridized carbons (Fsp3) is 0.235. The summed E-state index contributed by atoms with van der Waals surface area (Å²) in [6.45, 7) is 1.60. The summed E-state index contributed by atoms with van der Waals surface area (Å²) < 4.78 is 1.76. The maximum atomic E-state index is 10.0. The molecule has 124 valence electrons. The van der Waals surface area contributed by atoms with Crippen LogP contribution in [0.3, 0.4) is 0 Å². The molecule has 0 unspecified atom stereocenters. The zero-order valence-electron chi connectivity index (χ0n) is 13.7. The topological polar surface area (TPSA) is 89.0 Å². The van der Waals surface area contributed by atoms with Crippen LogP contribution in [0.4, 0.5) is 11.5 Å². The number of allylic oxidation sites excluding steroid dienone is 3. The van der Waals surface area contributed by atoms with Crippen LogP contribution in [0.25, 0.3) is 5.52 Å². The average molecular weight is 324 g/mol. The van der Waals surface area contributed by atoms with E-state index in [-0.39, 0.29) is 11.5 Å². The Morgan fingerprint density at radius 2 is 2.17 bits per heavy atom. The molecule has 7 heteroatoms. The summed E-state index contributed by atoms with van der Waals surface area (Å²) >= 11 is 0. The van der Waals surface area contributed by atoms with Crippen LogP contribution in [0.2, 0.25) is 0 Å². The normalized spacial score (nSPS) is 16.2. The molecule has 0 bridgehead atoms. The van der Waals surface area contributed by atoms with Crippen LogP contribution in [0.5, 0.6) is 0 Å². The van der Waals surface area contributed by atoms with Crippen molar-refractivity contribution in [2.75, 3.05) is 32.5 Å². The standard InChI is InChI=1S/C17H20N6O/c1-22(2)10-8-19-17-16(14-5-3-4-9-23(14)21-17)20-13-7-6-12(18)11-15(13)24/h3-7,9,11,18,24H,8,10H2,1-2H3,(H,19,21)/b18-12?,20-13+. The van der Waals surface area contributed by atoms with Gasteiger partial charge in [-0.15, -0.1) is 5.10 Å². The highest BCUT2D eigenvalue weighted by molar-refractivity contribution is 6.20. The number of aliphatic hydroxyl groups is 1. The van der Waals surface area contributed by atoms with Crippen molar-refractivity contribution in [3.63, 3.8) is 0 Å². The van der Waals surface area contributed by atoms with E-state index in [1.165, 1.54) is 6.08 Å². The van der Waals surface area contributed by atoms with Gasteiger partial charge in [-0.25, -0.2) is 9.51 Å². The van der Waals surface area contributed by atoms with E-state index in [0.29, 0.717) is 17.2 Å². The molecule has 0 fully saturated rings. The Morgan fingerprint density at radius 3 is 2.92 bits per heavy atom. The molecular formula is C17H20N6O. The second-order valence-electron chi connectivity index (χ2n) is 5.77. The van der Waals surface area contributed by atoms with Crippen LogP contribution >= 0.6 is 0 Å². The zero-order valence-corrected chi connectivity index (χ0v) is 13.7. The molecule has 2 aromatic rings. The van der Waals surface area contributed by atoms with E-state index in [2.05, 4.69) is 20.3 Å². The third kappa shape index (κ3) is 3.36. The van der Waals surface area contributed by atoms with E-state index in [0.717, 1.165) is 18.6 Å². The van der Waals surface area contributed by atoms with E-state index >= 15 is 0 Å². The first kappa shape index (κ1) is 15.9. The minimum Gasteiger partial charge on any atom is -0.506 e. The highest BCUT2D eigenvalue weighted by Gasteiger charge is 2.15. The van der Waals surface area contributed by atoms with Crippen molar-refractivity contribution in [3.05, 3.63) is 48.4 Å². The highest BCUT2D eigenvalue weighted by Crippen LogP contribution is 2.30. The van der Waals surface area contributed by atoms with Gasteiger partial charge >= 0.3 is 0 Å². The van der Waals surface area contributed by atoms with Crippen LogP contribution < -0.4 is 5.32 Å². The molecule has 0 radical (unpaired) electrons. The number of anilines is 1. The third-order valence-corrected chi connectivity index (χ3v) is 3.57. The van der Waals surface area contributed by atoms with Gasteiger partial charge in [-0.2, -0.15) is 0 Å². The van der Waals surface area contributed by atoms with E-state index in [4.69, 9.17) is 5.41 Å². The van der Waals surface area contributed by atoms with Crippen molar-refractivity contribution in [1.82, 2.24) is 14.5 Å². The summed E-state index contributed by atoms with van der Waals surface area (Å²) in [5.74, 6) is 0.648. The first-order chi connectivity index (χ1) is 11.5. The number of aromatic nitrogens is 2. The number of hydrogen-bond donors (Lipinski definition) is 3. The number of aliphatic hydroxyl groups excluding tert-OH is 1. The molecule has 3 rings (SSSR count). The molecule has 0 amide bonds. The lowest BCUT2D eigenvalue weighted by Crippen LogP contribution is -2.21. The SMILES string of the molecule is CN(C)CCNc1nn2ccccc2c1/N=C1\C=CC(=N)C=C1O. The molecule has 7 nitrogen and oxygen atoms in total. The van der Waals surface area contributed by atoms with Gasteiger partial charge in [0, 0.05) is 25.4 Å². The minimum atomic E-state index is -0.0166. The summed E-state index contributed by atoms with van der Waals surface area (Å²) in [7, 11) is 4.02. The molecule has 2 aromatic heterocycles. The first-order valence-corrected chi connectivity index (χ1v) is 7.67. The predicted octanol–water partition coefficient (Wildman–Crippen LogP) is 2.41. The van der Waals surface area contributed by atoms with E-state index in [9.17, 15) is 5.11 Å². The van der Waals surface area contributed by atoms with Crippen molar-refractivity contribution in [1.29, 1.82) is 5.41 Å². The second-order valence-corrected chi connectivity index (χ2v) is 5.77. The van der Waals surface area contributed by atoms with Gasteiger partial charge in [0.25, 0.3) is 0 Å². The van der Waals surface area contributed by atoms with Gasteiger partial charge in [0.2, 0.25) is 0 Å². The Morgan fingerprint density at radius 1 is 1.33 bits per heavy atom. The van der Waals surface area contributed by atoms with Crippen molar-refractivity contribution in [2.45, 2.75) is 0 Å². The lowest BCUT2D eigenvalue weighted by molar-refractivity contribution is 0.425. The molecule has 0 atom stereocenters. The van der Waals surface area contributed by atoms with Crippen molar-refractivity contribution in [2.24, 2.45) is 4.99 Å². The fourth-order valence-corrected chi connectivity index (χ4v) is 2.35. The number of nitrogens with one attached hydrogen (secondary N) is 2. The average Bonchev–Trinajstić information content (AvgIpc) is 2.87. The largest absolute Gasteiger partial charge is 0.506 e. The number of aliphatic imine (C=N–C) groups is 1. The second kappa shape index (κ2) is 6.67. The maximum Gasteiger partial charge on any atom is 0.175 e. The molecule has 0 saturated heterocycles. The Bertz CT molecular complexity index is 859. The Balaban J connectivity index is 2.00. The van der Waals surface area contributed by atoms with Crippen LogP contribution in [-0.4, -0.2) is 58.2 Å². The van der Waals surface area contributed by atoms with Crippen LogP contribution in [0.15, 0.2) is 53.4 Å². The van der Waals surface area contributed by atoms with E-state index < -0.39 is 0 Å². The summed E-state index contributed by atoms with van der Waals surface area (Å²) in [4.78, 5) is 6.66. The number of hydrogen-bond acceptors (Lipinski definition) is 6. The zero-order chi connectivity index (χ0) is 17.1. The quantitative estimate of drug-likeness (QED) is 0.737. The van der Waals surface area contributed by atoms with Gasteiger partial charge in [0.1, 0.15) is 17.2 Å². The molecule has 1 aliphatic rings. The molecule has 24 heavy (non-hydrogen) atoms. The van der Waals surface area contributed by atoms with Gasteiger partial charge in [-0.1, -0.05) is 6.07 Å². The third-order valence-electron chi connectivity index (χ3n) is 3.57. The molecule has 2 heterocycles. The summed E-state index contributed by atoms with van der Waals surface area (Å²) in [6, 6.07) is 5.75. The maximum absolute atomic E-state index is 10.0. The van der Waals surface area contributed by atoms with Crippen molar-refractivity contribution in [3.8, 4) is 0 Å². The molecular weight excluding hydrogens is 304 g/mol. The Hall–Kier alpha value is -2.93. The minimum absolute atomic E-state index is 0.0166. The molecule has 0 spiro atoms. The molecule has 0 saturated carbocycles. The molecule has 0 aliphatic heterocycles. The van der Waals surface area contributed by atoms with Crippen LogP contribution in [0.1, 0.15) is 0 Å². The summed E-state index contributed by atoms with van der Waals surface area (Å²) in [6.07, 6.45) is 6.47. The monoisotopic (exact) mass is 324 g/mol. The van der Waals surface area contributed by atoms with Gasteiger partial charge in [0.15, 0.2) is 5.82 Å². The van der Waals surface area contributed by atoms with Crippen molar-refractivity contribution >= 4 is 28.4 Å². The van der Waals surface area contributed by atoms with Crippen LogP contribution in [0, 0.1) is 5.41 Å². The van der Waals surface area contributed by atoms with Crippen LogP contribution in [-0.2, 0) is 0 Å². The fourth-order valence-electron chi connectivity index (χ4n) is 2.35. The van der Waals surface area contributed by atoms with Gasteiger partial charge < -0.3 is 20.7 Å². The Kier molecular flexibility index (Phi) is 4.43. The van der Waals surface area contributed by atoms with Gasteiger partial charge in [0.05, 0.1) is 11.2 Å². The molecule has 3 N–H and O–H groups in total. The lowest BCUT2D eigenvalue weighted by Gasteiger charge is -2.10. The first-order valence-electron chi connectivity index (χ1n) is 7.67. The van der Waals surface area contributed by atoms with Gasteiger partial charge in [-0.05, 0) is 38.4 Å². The molecule has 1 aliphatic carbocycles. The number of nitrogens with zero attached hydrogens (tertiary/aromatic N) is 4. The predicted molar refractivity (Wildman–Crippen MR) is 96.9 cm³/mol. The summed E-state index contributed by atoms with van der Waals surface area (Å²) in [5.41, 5.74) is 2.18. The highest BCUT2D eigenvalue weighted by atomic mass is 16.3. The van der Waals surface area contributed by atoms with E-state index in [1.807, 2.05) is 38.5 Å². The lowest BCUT2D eigenvalue weighted by atomic mass is 10.1. The number of fused-ring (bicyclic) bond motifs is 1. The number of likely N-dealkylation sites (N-methyl/N-ethyl adjacent to an activating group) is 1. The van der Waals surface area contributed by atoms with E-state index in [1.54, 1.807) is 16.7 Å². The van der Waals surface area contributed by atoms with Gasteiger partial charge in [-0.3, -0.25) is 0 Å². The molecule has 0 aromatic carbocycles. The number of rotatable bonds is 5. The number of pyridine rings is 1. The van der Waals surface area contributed by atoms with Crippen molar-refractivity contribution < 1.29 is 5.11 Å². The summed E-state index contributed by atoms with van der Waals surface area (Å²) in [5, 5.41) is 25.4.